The second-order valence-electron chi connectivity index (χ2n) is 3.05. The Kier molecular flexibility index (Phi) is 3.14. The summed E-state index contributed by atoms with van der Waals surface area (Å²) < 4.78 is 0. The van der Waals surface area contributed by atoms with Crippen LogP contribution in [0.2, 0.25) is 0 Å². The van der Waals surface area contributed by atoms with Crippen LogP contribution in [0.15, 0.2) is 12.8 Å². The molecule has 1 aliphatic carbocycles. The van der Waals surface area contributed by atoms with Crippen molar-refractivity contribution in [2.75, 3.05) is 0 Å². The van der Waals surface area contributed by atoms with Crippen molar-refractivity contribution in [1.82, 2.24) is 5.32 Å². The van der Waals surface area contributed by atoms with Crippen LogP contribution >= 0.6 is 0 Å². The first-order valence-electron chi connectivity index (χ1n) is 4.26. The average Bonchev–Trinajstić information content (AvgIpc) is 2.07. The molecule has 2 nitrogen and oxygen atoms in total. The van der Waals surface area contributed by atoms with Crippen molar-refractivity contribution in [3.8, 4) is 0 Å². The maximum Gasteiger partial charge on any atom is 0.226 e. The fraction of sp³-hybridized carbons (Fsp3) is 0.667. The minimum absolute atomic E-state index is 0.153. The van der Waals surface area contributed by atoms with Gasteiger partial charge in [-0.15, -0.1) is 0 Å². The van der Waals surface area contributed by atoms with Crippen molar-refractivity contribution in [3.63, 3.8) is 0 Å². The monoisotopic (exact) mass is 153 g/mol. The molecule has 0 saturated heterocycles. The van der Waals surface area contributed by atoms with Gasteiger partial charge in [-0.05, 0) is 19.0 Å². The number of carbonyl (C=O) groups is 1. The van der Waals surface area contributed by atoms with E-state index in [2.05, 4.69) is 11.9 Å². The van der Waals surface area contributed by atoms with Crippen molar-refractivity contribution in [2.24, 2.45) is 5.92 Å². The number of hydrogen-bond acceptors (Lipinski definition) is 1. The van der Waals surface area contributed by atoms with Crippen LogP contribution in [0.25, 0.3) is 0 Å². The summed E-state index contributed by atoms with van der Waals surface area (Å²) in [6.07, 6.45) is 7.28. The highest BCUT2D eigenvalue weighted by molar-refractivity contribution is 5.79. The molecule has 1 saturated carbocycles. The van der Waals surface area contributed by atoms with Crippen LogP contribution in [0.4, 0.5) is 0 Å². The predicted molar refractivity (Wildman–Crippen MR) is 44.9 cm³/mol. The summed E-state index contributed by atoms with van der Waals surface area (Å²) in [5.41, 5.74) is 0. The zero-order valence-corrected chi connectivity index (χ0v) is 6.81. The molecule has 1 rings (SSSR count). The summed E-state index contributed by atoms with van der Waals surface area (Å²) in [6.45, 7) is 3.46. The van der Waals surface area contributed by atoms with E-state index < -0.39 is 0 Å². The Morgan fingerprint density at radius 2 is 2.00 bits per heavy atom. The summed E-state index contributed by atoms with van der Waals surface area (Å²) in [5, 5.41) is 2.64. The zero-order valence-electron chi connectivity index (χ0n) is 6.81. The van der Waals surface area contributed by atoms with Crippen LogP contribution in [0.3, 0.4) is 0 Å². The molecule has 0 aromatic carbocycles. The van der Waals surface area contributed by atoms with Crippen molar-refractivity contribution < 1.29 is 4.79 Å². The van der Waals surface area contributed by atoms with Crippen LogP contribution in [0.5, 0.6) is 0 Å². The van der Waals surface area contributed by atoms with Gasteiger partial charge in [-0.1, -0.05) is 25.8 Å². The maximum absolute atomic E-state index is 11.2. The SMILES string of the molecule is C=CNC(=O)C1CCCCC1. The van der Waals surface area contributed by atoms with E-state index in [0.717, 1.165) is 12.8 Å². The number of rotatable bonds is 2. The molecular weight excluding hydrogens is 138 g/mol. The Bertz CT molecular complexity index is 148. The Balaban J connectivity index is 2.32. The molecule has 0 atom stereocenters. The molecule has 1 amide bonds. The topological polar surface area (TPSA) is 29.1 Å². The van der Waals surface area contributed by atoms with Crippen molar-refractivity contribution in [1.29, 1.82) is 0 Å². The van der Waals surface area contributed by atoms with E-state index in [0.29, 0.717) is 0 Å². The molecule has 1 aliphatic rings. The summed E-state index contributed by atoms with van der Waals surface area (Å²) in [5.74, 6) is 0.404. The minimum atomic E-state index is 0.153. The molecule has 0 bridgehead atoms. The molecule has 0 spiro atoms. The lowest BCUT2D eigenvalue weighted by atomic mass is 9.89. The Morgan fingerprint density at radius 1 is 1.36 bits per heavy atom. The third-order valence-electron chi connectivity index (χ3n) is 2.22. The molecular formula is C9H15NO. The first-order valence-corrected chi connectivity index (χ1v) is 4.26. The molecule has 0 unspecified atom stereocenters. The predicted octanol–water partition coefficient (Wildman–Crippen LogP) is 1.83. The van der Waals surface area contributed by atoms with Gasteiger partial charge in [0.2, 0.25) is 5.91 Å². The van der Waals surface area contributed by atoms with Gasteiger partial charge in [-0.25, -0.2) is 0 Å². The molecule has 0 radical (unpaired) electrons. The molecule has 1 N–H and O–H groups in total. The van der Waals surface area contributed by atoms with Gasteiger partial charge >= 0.3 is 0 Å². The van der Waals surface area contributed by atoms with Crippen LogP contribution < -0.4 is 5.32 Å². The molecule has 0 aromatic heterocycles. The summed E-state index contributed by atoms with van der Waals surface area (Å²) in [7, 11) is 0. The van der Waals surface area contributed by atoms with Crippen molar-refractivity contribution >= 4 is 5.91 Å². The highest BCUT2D eigenvalue weighted by atomic mass is 16.1. The van der Waals surface area contributed by atoms with Gasteiger partial charge in [-0.2, -0.15) is 0 Å². The number of carbonyl (C=O) groups excluding carboxylic acids is 1. The highest BCUT2D eigenvalue weighted by Gasteiger charge is 2.19. The summed E-state index contributed by atoms with van der Waals surface area (Å²) in [6, 6.07) is 0. The second-order valence-corrected chi connectivity index (χ2v) is 3.05. The first kappa shape index (κ1) is 8.31. The average molecular weight is 153 g/mol. The fourth-order valence-corrected chi connectivity index (χ4v) is 1.58. The molecule has 0 heterocycles. The van der Waals surface area contributed by atoms with E-state index in [-0.39, 0.29) is 11.8 Å². The standard InChI is InChI=1S/C9H15NO/c1-2-10-9(11)8-6-4-3-5-7-8/h2,8H,1,3-7H2,(H,10,11). The van der Waals surface area contributed by atoms with Gasteiger partial charge in [0.1, 0.15) is 0 Å². The van der Waals surface area contributed by atoms with Gasteiger partial charge in [-0.3, -0.25) is 4.79 Å². The lowest BCUT2D eigenvalue weighted by Crippen LogP contribution is -2.27. The lowest BCUT2D eigenvalue weighted by molar-refractivity contribution is -0.124. The van der Waals surface area contributed by atoms with E-state index in [1.807, 2.05) is 0 Å². The van der Waals surface area contributed by atoms with Crippen LogP contribution in [-0.2, 0) is 4.79 Å². The van der Waals surface area contributed by atoms with E-state index in [1.54, 1.807) is 0 Å². The van der Waals surface area contributed by atoms with Gasteiger partial charge in [0.05, 0.1) is 0 Å². The number of hydrogen-bond donors (Lipinski definition) is 1. The number of amides is 1. The van der Waals surface area contributed by atoms with Crippen molar-refractivity contribution in [3.05, 3.63) is 12.8 Å². The molecule has 0 aromatic rings. The van der Waals surface area contributed by atoms with Gasteiger partial charge < -0.3 is 5.32 Å². The normalized spacial score (nSPS) is 19.3. The second kappa shape index (κ2) is 4.16. The first-order chi connectivity index (χ1) is 5.34. The van der Waals surface area contributed by atoms with E-state index in [1.165, 1.54) is 25.5 Å². The Morgan fingerprint density at radius 3 is 2.55 bits per heavy atom. The van der Waals surface area contributed by atoms with Gasteiger partial charge in [0, 0.05) is 5.92 Å². The largest absolute Gasteiger partial charge is 0.333 e. The van der Waals surface area contributed by atoms with Gasteiger partial charge in [0.15, 0.2) is 0 Å². The third kappa shape index (κ3) is 2.37. The molecule has 2 heteroatoms. The maximum atomic E-state index is 11.2. The minimum Gasteiger partial charge on any atom is -0.333 e. The quantitative estimate of drug-likeness (QED) is 0.644. The number of nitrogens with one attached hydrogen (secondary N) is 1. The van der Waals surface area contributed by atoms with Crippen LogP contribution in [0.1, 0.15) is 32.1 Å². The smallest absolute Gasteiger partial charge is 0.226 e. The molecule has 0 aliphatic heterocycles. The Hall–Kier alpha value is -0.790. The van der Waals surface area contributed by atoms with E-state index in [4.69, 9.17) is 0 Å². The lowest BCUT2D eigenvalue weighted by Gasteiger charge is -2.19. The zero-order chi connectivity index (χ0) is 8.10. The van der Waals surface area contributed by atoms with Gasteiger partial charge in [0.25, 0.3) is 0 Å². The van der Waals surface area contributed by atoms with Crippen molar-refractivity contribution in [2.45, 2.75) is 32.1 Å². The highest BCUT2D eigenvalue weighted by Crippen LogP contribution is 2.23. The molecule has 62 valence electrons. The molecule has 1 fully saturated rings. The van der Waals surface area contributed by atoms with Crippen LogP contribution in [-0.4, -0.2) is 5.91 Å². The summed E-state index contributed by atoms with van der Waals surface area (Å²) in [4.78, 5) is 11.2. The molecule has 11 heavy (non-hydrogen) atoms. The summed E-state index contributed by atoms with van der Waals surface area (Å²) >= 11 is 0. The fourth-order valence-electron chi connectivity index (χ4n) is 1.58. The van der Waals surface area contributed by atoms with E-state index in [9.17, 15) is 4.79 Å². The Labute approximate surface area is 67.7 Å². The van der Waals surface area contributed by atoms with Crippen LogP contribution in [0, 0.1) is 5.92 Å². The van der Waals surface area contributed by atoms with E-state index >= 15 is 0 Å². The third-order valence-corrected chi connectivity index (χ3v) is 2.22.